The zero-order chi connectivity index (χ0) is 54.1. The summed E-state index contributed by atoms with van der Waals surface area (Å²) in [5.41, 5.74) is 7.16. The van der Waals surface area contributed by atoms with Gasteiger partial charge in [0.1, 0.15) is 19.0 Å². The fourth-order valence-corrected chi connectivity index (χ4v) is 9.51. The van der Waals surface area contributed by atoms with Crippen LogP contribution >= 0.6 is 11.6 Å². The summed E-state index contributed by atoms with van der Waals surface area (Å²) in [5, 5.41) is 8.37. The highest BCUT2D eigenvalue weighted by Crippen LogP contribution is 2.31. The smallest absolute Gasteiger partial charge is 0.410 e. The van der Waals surface area contributed by atoms with Crippen LogP contribution in [-0.4, -0.2) is 138 Å². The molecule has 16 nitrogen and oxygen atoms in total. The van der Waals surface area contributed by atoms with Crippen molar-refractivity contribution >= 4 is 63.3 Å². The fraction of sp³-hybridized carbons (Fsp3) is 0.333. The van der Waals surface area contributed by atoms with Gasteiger partial charge in [-0.3, -0.25) is 33.7 Å². The molecule has 7 aromatic rings. The molecule has 1 saturated heterocycles. The Morgan fingerprint density at radius 2 is 1.21 bits per heavy atom. The van der Waals surface area contributed by atoms with Crippen LogP contribution < -0.4 is 15.4 Å². The van der Waals surface area contributed by atoms with E-state index in [-0.39, 0.29) is 57.0 Å². The number of carbonyl (C=O) groups excluding carboxylic acids is 5. The number of unbranched alkanes of at least 4 members (excludes halogenated alkanes) is 1. The Hall–Kier alpha value is -7.79. The summed E-state index contributed by atoms with van der Waals surface area (Å²) < 4.78 is 18.8. The number of fused-ring (bicyclic) bond motifs is 2. The van der Waals surface area contributed by atoms with Gasteiger partial charge in [0.25, 0.3) is 5.91 Å². The first-order chi connectivity index (χ1) is 37.4. The van der Waals surface area contributed by atoms with Gasteiger partial charge in [-0.15, -0.1) is 0 Å². The van der Waals surface area contributed by atoms with E-state index in [1.807, 2.05) is 103 Å². The SMILES string of the molecule is COc1ccc2c(c1)c(CC(=O)NCCCCNC(=O)CN1CCN(C(=O)OCc3ccccc3)CCN(Cc3ccc4cc(C)ccc4n3)CCN(C(=O)OCc3ccccc3)CC1)c(C)n2C(=O)c1ccc(Cl)cc1. The Bertz CT molecular complexity index is 3070. The summed E-state index contributed by atoms with van der Waals surface area (Å²) >= 11 is 6.10. The molecule has 1 aliphatic heterocycles. The zero-order valence-electron chi connectivity index (χ0n) is 44.0. The van der Waals surface area contributed by atoms with Crippen molar-refractivity contribution in [2.45, 2.75) is 52.9 Å². The molecule has 8 rings (SSSR count). The molecule has 0 aliphatic carbocycles. The third kappa shape index (κ3) is 15.7. The predicted molar refractivity (Wildman–Crippen MR) is 298 cm³/mol. The van der Waals surface area contributed by atoms with Crippen LogP contribution in [0, 0.1) is 13.8 Å². The standard InChI is InChI=1S/C60H67ClN8O8/c1-43-16-24-54-48(36-43)19-22-50(64-54)39-65-28-32-67(59(73)76-41-45-12-6-4-7-13-45)34-30-66(31-35-68(33-29-65)60(74)77-42-46-14-8-5-9-15-46)40-57(71)63-27-11-10-26-62-56(70)38-52-44(2)69(55-25-23-51(75-3)37-53(52)55)58(72)47-17-20-49(61)21-18-47/h4-9,12-25,36-37H,10-11,26-35,38-42H2,1-3H3,(H,62,70)(H,63,71). The van der Waals surface area contributed by atoms with Crippen molar-refractivity contribution in [1.82, 2.24) is 39.8 Å². The number of aryl methyl sites for hydroxylation is 1. The number of carbonyl (C=O) groups is 5. The van der Waals surface area contributed by atoms with Crippen molar-refractivity contribution in [2.24, 2.45) is 0 Å². The Kier molecular flexibility index (Phi) is 19.7. The molecular weight excluding hydrogens is 996 g/mol. The maximum atomic E-state index is 13.9. The number of benzene rings is 5. The minimum absolute atomic E-state index is 0.0219. The van der Waals surface area contributed by atoms with Crippen molar-refractivity contribution in [2.75, 3.05) is 79.1 Å². The van der Waals surface area contributed by atoms with E-state index in [0.717, 1.165) is 44.2 Å². The third-order valence-electron chi connectivity index (χ3n) is 13.7. The summed E-state index contributed by atoms with van der Waals surface area (Å²) in [6, 6.07) is 41.5. The van der Waals surface area contributed by atoms with Crippen LogP contribution in [0.1, 0.15) is 56.8 Å². The maximum absolute atomic E-state index is 13.9. The topological polar surface area (TPSA) is 168 Å². The highest BCUT2D eigenvalue weighted by atomic mass is 35.5. The molecule has 0 saturated carbocycles. The molecule has 2 N–H and O–H groups in total. The number of methoxy groups -OCH3 is 1. The molecule has 0 bridgehead atoms. The van der Waals surface area contributed by atoms with Crippen molar-refractivity contribution in [3.8, 4) is 5.75 Å². The van der Waals surface area contributed by atoms with Gasteiger partial charge in [0.05, 0.1) is 36.8 Å². The summed E-state index contributed by atoms with van der Waals surface area (Å²) in [6.45, 7) is 8.18. The summed E-state index contributed by atoms with van der Waals surface area (Å²) in [7, 11) is 1.57. The van der Waals surface area contributed by atoms with Gasteiger partial charge in [-0.1, -0.05) is 90.0 Å². The fourth-order valence-electron chi connectivity index (χ4n) is 9.39. The quantitative estimate of drug-likeness (QED) is 0.0837. The van der Waals surface area contributed by atoms with Gasteiger partial charge in [0.2, 0.25) is 11.8 Å². The second-order valence-electron chi connectivity index (χ2n) is 19.3. The van der Waals surface area contributed by atoms with Gasteiger partial charge >= 0.3 is 12.2 Å². The molecule has 77 heavy (non-hydrogen) atoms. The number of rotatable bonds is 17. The van der Waals surface area contributed by atoms with E-state index in [1.165, 1.54) is 0 Å². The minimum atomic E-state index is -0.459. The number of nitrogens with one attached hydrogen (secondary N) is 2. The maximum Gasteiger partial charge on any atom is 0.410 e. The molecule has 402 valence electrons. The lowest BCUT2D eigenvalue weighted by Gasteiger charge is -2.33. The second-order valence-corrected chi connectivity index (χ2v) is 19.7. The summed E-state index contributed by atoms with van der Waals surface area (Å²) in [4.78, 5) is 81.1. The van der Waals surface area contributed by atoms with Gasteiger partial charge in [-0.2, -0.15) is 0 Å². The first-order valence-corrected chi connectivity index (χ1v) is 26.5. The third-order valence-corrected chi connectivity index (χ3v) is 14.0. The van der Waals surface area contributed by atoms with Crippen molar-refractivity contribution < 1.29 is 38.2 Å². The highest BCUT2D eigenvalue weighted by molar-refractivity contribution is 6.30. The molecule has 1 aliphatic rings. The number of halogens is 1. The van der Waals surface area contributed by atoms with E-state index in [4.69, 9.17) is 30.8 Å². The van der Waals surface area contributed by atoms with Gasteiger partial charge in [-0.25, -0.2) is 9.59 Å². The van der Waals surface area contributed by atoms with Crippen LogP contribution in [0.5, 0.6) is 5.75 Å². The number of hydrogen-bond acceptors (Lipinski definition) is 11. The average molecular weight is 1060 g/mol. The lowest BCUT2D eigenvalue weighted by Crippen LogP contribution is -2.50. The summed E-state index contributed by atoms with van der Waals surface area (Å²) in [6.07, 6.45) is 0.337. The van der Waals surface area contributed by atoms with Crippen LogP contribution in [0.25, 0.3) is 21.8 Å². The normalized spacial score (nSPS) is 13.9. The molecule has 2 aromatic heterocycles. The van der Waals surface area contributed by atoms with E-state index < -0.39 is 12.2 Å². The molecular formula is C60H67ClN8O8. The Labute approximate surface area is 454 Å². The van der Waals surface area contributed by atoms with Crippen LogP contribution in [0.4, 0.5) is 9.59 Å². The number of hydrogen-bond donors (Lipinski definition) is 2. The van der Waals surface area contributed by atoms with E-state index in [0.29, 0.717) is 99.3 Å². The van der Waals surface area contributed by atoms with Crippen molar-refractivity contribution in [3.63, 3.8) is 0 Å². The number of amides is 4. The molecule has 0 unspecified atom stereocenters. The number of pyridine rings is 1. The molecule has 1 fully saturated rings. The number of aromatic nitrogens is 2. The van der Waals surface area contributed by atoms with Crippen LogP contribution in [0.15, 0.2) is 133 Å². The average Bonchev–Trinajstić information content (AvgIpc) is 3.72. The van der Waals surface area contributed by atoms with Gasteiger partial charge in [0.15, 0.2) is 0 Å². The molecule has 0 spiro atoms. The second kappa shape index (κ2) is 27.3. The minimum Gasteiger partial charge on any atom is -0.497 e. The first kappa shape index (κ1) is 55.4. The van der Waals surface area contributed by atoms with E-state index in [9.17, 15) is 24.0 Å². The van der Waals surface area contributed by atoms with E-state index in [1.54, 1.807) is 51.8 Å². The Morgan fingerprint density at radius 1 is 0.623 bits per heavy atom. The lowest BCUT2D eigenvalue weighted by molar-refractivity contribution is -0.122. The first-order valence-electron chi connectivity index (χ1n) is 26.1. The molecule has 5 aromatic carbocycles. The largest absolute Gasteiger partial charge is 0.497 e. The van der Waals surface area contributed by atoms with Gasteiger partial charge < -0.3 is 34.6 Å². The summed E-state index contributed by atoms with van der Waals surface area (Å²) in [5.74, 6) is -0.0374. The Morgan fingerprint density at radius 3 is 1.81 bits per heavy atom. The van der Waals surface area contributed by atoms with Crippen LogP contribution in [0.3, 0.4) is 0 Å². The van der Waals surface area contributed by atoms with Crippen LogP contribution in [0.2, 0.25) is 5.02 Å². The van der Waals surface area contributed by atoms with Crippen molar-refractivity contribution in [1.29, 1.82) is 0 Å². The molecule has 0 atom stereocenters. The predicted octanol–water partition coefficient (Wildman–Crippen LogP) is 8.81. The molecule has 0 radical (unpaired) electrons. The molecule has 4 amide bonds. The molecule has 3 heterocycles. The van der Waals surface area contributed by atoms with E-state index in [2.05, 4.69) is 34.6 Å². The number of nitrogens with zero attached hydrogens (tertiary/aromatic N) is 6. The van der Waals surface area contributed by atoms with Gasteiger partial charge in [-0.05, 0) is 104 Å². The van der Waals surface area contributed by atoms with Crippen LogP contribution in [-0.2, 0) is 45.2 Å². The van der Waals surface area contributed by atoms with E-state index >= 15 is 0 Å². The lowest BCUT2D eigenvalue weighted by atomic mass is 10.1. The number of ether oxygens (including phenoxy) is 3. The highest BCUT2D eigenvalue weighted by Gasteiger charge is 2.26. The molecule has 17 heteroatoms. The van der Waals surface area contributed by atoms with Crippen molar-refractivity contribution in [3.05, 3.63) is 178 Å². The zero-order valence-corrected chi connectivity index (χ0v) is 44.8. The van der Waals surface area contributed by atoms with Gasteiger partial charge in [0, 0.05) is 99.0 Å². The Balaban J connectivity index is 0.890. The monoisotopic (exact) mass is 1060 g/mol.